The van der Waals surface area contributed by atoms with Gasteiger partial charge < -0.3 is 14.8 Å². The van der Waals surface area contributed by atoms with Gasteiger partial charge in [-0.05, 0) is 36.6 Å². The number of esters is 1. The standard InChI is InChI=1S/C21H20N2O4/c1-3-12-9-13-7-5-6-8-16(13)22-18(12)17-10-15-14(19(24)23-17)11-27-20(25)21(15,26)4-2/h5-10,26H,3-4,11H2,1-2H3,(H,23,24)/t21-/m0/s1. The summed E-state index contributed by atoms with van der Waals surface area (Å²) in [7, 11) is 0. The third-order valence-corrected chi connectivity index (χ3v) is 5.22. The van der Waals surface area contributed by atoms with Crippen LogP contribution in [0.15, 0.2) is 41.2 Å². The Kier molecular flexibility index (Phi) is 4.08. The predicted octanol–water partition coefficient (Wildman–Crippen LogP) is 2.81. The second-order valence-corrected chi connectivity index (χ2v) is 6.74. The number of nitrogens with one attached hydrogen (secondary N) is 1. The van der Waals surface area contributed by atoms with Crippen molar-refractivity contribution in [2.45, 2.75) is 38.9 Å². The number of aryl methyl sites for hydroxylation is 1. The number of fused-ring (bicyclic) bond motifs is 2. The number of carbonyl (C=O) groups is 1. The quantitative estimate of drug-likeness (QED) is 0.697. The molecule has 2 aromatic heterocycles. The van der Waals surface area contributed by atoms with Crippen molar-refractivity contribution in [3.8, 4) is 11.4 Å². The molecule has 4 rings (SSSR count). The van der Waals surface area contributed by atoms with E-state index in [1.165, 1.54) is 0 Å². The predicted molar refractivity (Wildman–Crippen MR) is 101 cm³/mol. The first-order valence-electron chi connectivity index (χ1n) is 9.03. The van der Waals surface area contributed by atoms with Crippen LogP contribution in [0, 0.1) is 0 Å². The van der Waals surface area contributed by atoms with Gasteiger partial charge in [-0.15, -0.1) is 0 Å². The minimum atomic E-state index is -1.82. The topological polar surface area (TPSA) is 92.3 Å². The van der Waals surface area contributed by atoms with Crippen LogP contribution in [0.25, 0.3) is 22.3 Å². The summed E-state index contributed by atoms with van der Waals surface area (Å²) in [5.41, 5.74) is 1.31. The third kappa shape index (κ3) is 2.64. The number of aliphatic hydroxyl groups is 1. The fraction of sp³-hybridized carbons (Fsp3) is 0.286. The summed E-state index contributed by atoms with van der Waals surface area (Å²) in [4.78, 5) is 32.4. The average Bonchev–Trinajstić information content (AvgIpc) is 2.69. The minimum Gasteiger partial charge on any atom is -0.458 e. The van der Waals surface area contributed by atoms with E-state index in [4.69, 9.17) is 9.72 Å². The number of cyclic esters (lactones) is 1. The van der Waals surface area contributed by atoms with Crippen LogP contribution in [-0.2, 0) is 28.2 Å². The molecule has 1 aliphatic rings. The van der Waals surface area contributed by atoms with Crippen LogP contribution < -0.4 is 5.56 Å². The molecule has 6 heteroatoms. The fourth-order valence-corrected chi connectivity index (χ4v) is 3.59. The highest BCUT2D eigenvalue weighted by molar-refractivity contribution is 5.85. The highest BCUT2D eigenvalue weighted by Crippen LogP contribution is 2.35. The molecule has 0 aliphatic carbocycles. The molecule has 138 valence electrons. The largest absolute Gasteiger partial charge is 0.458 e. The molecule has 0 saturated carbocycles. The number of ether oxygens (including phenoxy) is 1. The Morgan fingerprint density at radius 3 is 2.74 bits per heavy atom. The maximum atomic E-state index is 12.6. The molecule has 0 bridgehead atoms. The van der Waals surface area contributed by atoms with Crippen LogP contribution in [0.1, 0.15) is 37.0 Å². The van der Waals surface area contributed by atoms with Gasteiger partial charge in [-0.25, -0.2) is 9.78 Å². The van der Waals surface area contributed by atoms with Crippen molar-refractivity contribution in [3.05, 3.63) is 63.4 Å². The van der Waals surface area contributed by atoms with Gasteiger partial charge in [0.25, 0.3) is 5.56 Å². The summed E-state index contributed by atoms with van der Waals surface area (Å²) in [5, 5.41) is 11.9. The molecule has 0 fully saturated rings. The van der Waals surface area contributed by atoms with Crippen molar-refractivity contribution >= 4 is 16.9 Å². The number of hydrogen-bond acceptors (Lipinski definition) is 5. The van der Waals surface area contributed by atoms with Crippen molar-refractivity contribution in [1.82, 2.24) is 9.97 Å². The number of rotatable bonds is 3. The molecule has 3 heterocycles. The minimum absolute atomic E-state index is 0.119. The summed E-state index contributed by atoms with van der Waals surface area (Å²) in [6.07, 6.45) is 0.847. The summed E-state index contributed by atoms with van der Waals surface area (Å²) < 4.78 is 5.02. The molecule has 1 atom stereocenters. The molecule has 27 heavy (non-hydrogen) atoms. The van der Waals surface area contributed by atoms with Gasteiger partial charge in [-0.3, -0.25) is 4.79 Å². The Bertz CT molecular complexity index is 1120. The van der Waals surface area contributed by atoms with E-state index >= 15 is 0 Å². The third-order valence-electron chi connectivity index (χ3n) is 5.22. The molecule has 0 amide bonds. The lowest BCUT2D eigenvalue weighted by Crippen LogP contribution is -2.43. The maximum Gasteiger partial charge on any atom is 0.343 e. The number of H-pyrrole nitrogens is 1. The lowest BCUT2D eigenvalue weighted by molar-refractivity contribution is -0.172. The Labute approximate surface area is 155 Å². The van der Waals surface area contributed by atoms with E-state index in [0.717, 1.165) is 22.9 Å². The van der Waals surface area contributed by atoms with E-state index in [1.54, 1.807) is 13.0 Å². The second kappa shape index (κ2) is 6.32. The number of nitrogens with zero attached hydrogens (tertiary/aromatic N) is 1. The highest BCUT2D eigenvalue weighted by atomic mass is 16.6. The summed E-state index contributed by atoms with van der Waals surface area (Å²) in [5.74, 6) is -0.726. The number of aromatic amines is 1. The van der Waals surface area contributed by atoms with E-state index < -0.39 is 11.6 Å². The summed E-state index contributed by atoms with van der Waals surface area (Å²) in [6, 6.07) is 11.5. The number of hydrogen-bond donors (Lipinski definition) is 2. The van der Waals surface area contributed by atoms with E-state index in [9.17, 15) is 14.7 Å². The van der Waals surface area contributed by atoms with E-state index in [1.807, 2.05) is 31.2 Å². The van der Waals surface area contributed by atoms with Crippen LogP contribution in [0.4, 0.5) is 0 Å². The van der Waals surface area contributed by atoms with Crippen molar-refractivity contribution in [2.24, 2.45) is 0 Å². The number of benzene rings is 1. The normalized spacial score (nSPS) is 19.0. The first-order chi connectivity index (χ1) is 13.0. The zero-order chi connectivity index (χ0) is 19.2. The number of carbonyl (C=O) groups excluding carboxylic acids is 1. The molecule has 0 unspecified atom stereocenters. The molecule has 0 radical (unpaired) electrons. The molecule has 2 N–H and O–H groups in total. The lowest BCUT2D eigenvalue weighted by Gasteiger charge is -2.31. The van der Waals surface area contributed by atoms with Crippen LogP contribution in [-0.4, -0.2) is 21.0 Å². The monoisotopic (exact) mass is 364 g/mol. The fourth-order valence-electron chi connectivity index (χ4n) is 3.59. The van der Waals surface area contributed by atoms with E-state index in [-0.39, 0.29) is 24.2 Å². The molecule has 1 aromatic carbocycles. The Hall–Kier alpha value is -2.99. The number of para-hydroxylation sites is 1. The Morgan fingerprint density at radius 2 is 2.00 bits per heavy atom. The van der Waals surface area contributed by atoms with Gasteiger partial charge in [0.2, 0.25) is 0 Å². The van der Waals surface area contributed by atoms with Crippen molar-refractivity contribution in [2.75, 3.05) is 0 Å². The van der Waals surface area contributed by atoms with Gasteiger partial charge in [-0.1, -0.05) is 32.0 Å². The highest BCUT2D eigenvalue weighted by Gasteiger charge is 2.44. The molecule has 0 saturated heterocycles. The molecular weight excluding hydrogens is 344 g/mol. The van der Waals surface area contributed by atoms with Gasteiger partial charge in [0, 0.05) is 10.9 Å². The lowest BCUT2D eigenvalue weighted by atomic mass is 9.86. The smallest absolute Gasteiger partial charge is 0.343 e. The average molecular weight is 364 g/mol. The van der Waals surface area contributed by atoms with Gasteiger partial charge in [0.05, 0.1) is 22.5 Å². The molecule has 0 spiro atoms. The second-order valence-electron chi connectivity index (χ2n) is 6.74. The summed E-state index contributed by atoms with van der Waals surface area (Å²) in [6.45, 7) is 3.56. The first kappa shape index (κ1) is 17.4. The number of aromatic nitrogens is 2. The molecule has 6 nitrogen and oxygen atoms in total. The van der Waals surface area contributed by atoms with E-state index in [0.29, 0.717) is 17.0 Å². The molecule has 1 aliphatic heterocycles. The van der Waals surface area contributed by atoms with Gasteiger partial charge in [-0.2, -0.15) is 0 Å². The van der Waals surface area contributed by atoms with Crippen molar-refractivity contribution in [1.29, 1.82) is 0 Å². The molecule has 3 aromatic rings. The summed E-state index contributed by atoms with van der Waals surface area (Å²) >= 11 is 0. The van der Waals surface area contributed by atoms with Crippen LogP contribution in [0.2, 0.25) is 0 Å². The van der Waals surface area contributed by atoms with E-state index in [2.05, 4.69) is 11.1 Å². The molecular formula is C21H20N2O4. The SMILES string of the molecule is CCc1cc2ccccc2nc1-c1cc2c(c(=O)[nH]1)COC(=O)[C@]2(O)CC. The first-order valence-corrected chi connectivity index (χ1v) is 9.03. The van der Waals surface area contributed by atoms with Crippen molar-refractivity contribution in [3.63, 3.8) is 0 Å². The van der Waals surface area contributed by atoms with Crippen LogP contribution in [0.5, 0.6) is 0 Å². The maximum absolute atomic E-state index is 12.6. The Morgan fingerprint density at radius 1 is 1.22 bits per heavy atom. The van der Waals surface area contributed by atoms with Gasteiger partial charge in [0.1, 0.15) is 6.61 Å². The number of pyridine rings is 2. The zero-order valence-corrected chi connectivity index (χ0v) is 15.2. The van der Waals surface area contributed by atoms with Crippen LogP contribution >= 0.6 is 0 Å². The van der Waals surface area contributed by atoms with Gasteiger partial charge >= 0.3 is 5.97 Å². The van der Waals surface area contributed by atoms with Gasteiger partial charge in [0.15, 0.2) is 5.60 Å². The van der Waals surface area contributed by atoms with Crippen molar-refractivity contribution < 1.29 is 14.6 Å². The zero-order valence-electron chi connectivity index (χ0n) is 15.2. The Balaban J connectivity index is 1.99. The van der Waals surface area contributed by atoms with Crippen LogP contribution in [0.3, 0.4) is 0 Å².